The highest BCUT2D eigenvalue weighted by molar-refractivity contribution is 6.38. The average Bonchev–Trinajstić information content (AvgIpc) is 3.66. The zero-order valence-corrected chi connectivity index (χ0v) is 24.5. The molecular formula is C42H23N3O. The van der Waals surface area contributed by atoms with E-state index in [0.717, 1.165) is 71.9 Å². The van der Waals surface area contributed by atoms with Crippen LogP contribution in [0.3, 0.4) is 0 Å². The number of rotatable bonds is 2. The summed E-state index contributed by atoms with van der Waals surface area (Å²) >= 11 is 0. The van der Waals surface area contributed by atoms with Gasteiger partial charge in [0.15, 0.2) is 5.82 Å². The van der Waals surface area contributed by atoms with Crippen LogP contribution < -0.4 is 0 Å². The lowest BCUT2D eigenvalue weighted by atomic mass is 9.95. The van der Waals surface area contributed by atoms with E-state index >= 15 is 0 Å². The maximum absolute atomic E-state index is 6.57. The fraction of sp³-hybridized carbons (Fsp3) is 0. The Labute approximate surface area is 262 Å². The summed E-state index contributed by atoms with van der Waals surface area (Å²) in [5.41, 5.74) is 7.61. The van der Waals surface area contributed by atoms with Crippen molar-refractivity contribution in [3.63, 3.8) is 0 Å². The summed E-state index contributed by atoms with van der Waals surface area (Å²) in [5.74, 6) is 0.812. The number of fused-ring (bicyclic) bond motifs is 6. The summed E-state index contributed by atoms with van der Waals surface area (Å²) < 4.78 is 8.90. The molecule has 0 spiro atoms. The SMILES string of the molecule is c1ccc(-c2nc3ccc4ccccc4c3nc2-n2c3cccc4c5ccccc5c5cccc6oc7ccc2c(c7c65)c43)cc1. The van der Waals surface area contributed by atoms with Crippen LogP contribution in [0.1, 0.15) is 0 Å². The molecule has 11 aromatic rings. The van der Waals surface area contributed by atoms with Crippen molar-refractivity contribution in [2.45, 2.75) is 0 Å². The Morgan fingerprint density at radius 2 is 1.11 bits per heavy atom. The second-order valence-electron chi connectivity index (χ2n) is 12.1. The first-order valence-electron chi connectivity index (χ1n) is 15.6. The summed E-state index contributed by atoms with van der Waals surface area (Å²) in [7, 11) is 0. The van der Waals surface area contributed by atoms with Crippen molar-refractivity contribution < 1.29 is 4.42 Å². The third-order valence-electron chi connectivity index (χ3n) is 9.72. The van der Waals surface area contributed by atoms with E-state index in [1.165, 1.54) is 32.3 Å². The first-order valence-corrected chi connectivity index (χ1v) is 15.6. The molecule has 0 N–H and O–H groups in total. The largest absolute Gasteiger partial charge is 0.456 e. The number of hydrogen-bond donors (Lipinski definition) is 0. The molecule has 3 aromatic heterocycles. The Morgan fingerprint density at radius 1 is 0.435 bits per heavy atom. The van der Waals surface area contributed by atoms with E-state index in [0.29, 0.717) is 0 Å². The molecule has 0 saturated heterocycles. The minimum Gasteiger partial charge on any atom is -0.456 e. The van der Waals surface area contributed by atoms with Crippen molar-refractivity contribution in [3.05, 3.63) is 140 Å². The molecule has 3 heterocycles. The number of furan rings is 1. The molecule has 0 aliphatic heterocycles. The van der Waals surface area contributed by atoms with E-state index in [2.05, 4.69) is 138 Å². The summed E-state index contributed by atoms with van der Waals surface area (Å²) in [6.07, 6.45) is 0. The highest BCUT2D eigenvalue weighted by Crippen LogP contribution is 2.47. The van der Waals surface area contributed by atoms with Crippen molar-refractivity contribution in [3.8, 4) is 17.1 Å². The number of nitrogens with zero attached hydrogens (tertiary/aromatic N) is 3. The van der Waals surface area contributed by atoms with E-state index in [-0.39, 0.29) is 0 Å². The van der Waals surface area contributed by atoms with Crippen LogP contribution in [0.25, 0.3) is 104 Å². The first kappa shape index (κ1) is 24.1. The molecule has 0 aliphatic carbocycles. The number of benzene rings is 7. The molecule has 4 heteroatoms. The van der Waals surface area contributed by atoms with Crippen molar-refractivity contribution >= 4 is 87.1 Å². The Balaban J connectivity index is 1.43. The van der Waals surface area contributed by atoms with Crippen LogP contribution in [-0.4, -0.2) is 14.5 Å². The van der Waals surface area contributed by atoms with Gasteiger partial charge in [0.1, 0.15) is 16.9 Å². The summed E-state index contributed by atoms with van der Waals surface area (Å²) in [6.45, 7) is 0. The van der Waals surface area contributed by atoms with Crippen molar-refractivity contribution in [2.75, 3.05) is 0 Å². The highest BCUT2D eigenvalue weighted by atomic mass is 16.3. The van der Waals surface area contributed by atoms with Gasteiger partial charge in [0.05, 0.1) is 22.1 Å². The van der Waals surface area contributed by atoms with E-state index in [4.69, 9.17) is 14.4 Å². The Kier molecular flexibility index (Phi) is 4.55. The lowest BCUT2D eigenvalue weighted by molar-refractivity contribution is 0.669. The van der Waals surface area contributed by atoms with Crippen molar-refractivity contribution in [2.24, 2.45) is 0 Å². The maximum atomic E-state index is 6.57. The van der Waals surface area contributed by atoms with Crippen LogP contribution in [0.15, 0.2) is 144 Å². The Bertz CT molecular complexity index is 3020. The van der Waals surface area contributed by atoms with E-state index in [1.807, 2.05) is 6.07 Å². The predicted molar refractivity (Wildman–Crippen MR) is 190 cm³/mol. The second kappa shape index (κ2) is 8.68. The third kappa shape index (κ3) is 3.03. The van der Waals surface area contributed by atoms with Crippen molar-refractivity contribution in [1.29, 1.82) is 0 Å². The first-order chi connectivity index (χ1) is 22.8. The molecule has 0 amide bonds. The molecule has 0 saturated carbocycles. The van der Waals surface area contributed by atoms with Gasteiger partial charge in [-0.25, -0.2) is 9.97 Å². The topological polar surface area (TPSA) is 43.9 Å². The molecule has 0 bridgehead atoms. The van der Waals surface area contributed by atoms with Gasteiger partial charge in [-0.2, -0.15) is 0 Å². The molecule has 8 aromatic carbocycles. The van der Waals surface area contributed by atoms with Gasteiger partial charge in [-0.15, -0.1) is 0 Å². The quantitative estimate of drug-likeness (QED) is 0.190. The van der Waals surface area contributed by atoms with Gasteiger partial charge in [-0.3, -0.25) is 4.57 Å². The van der Waals surface area contributed by atoms with Crippen LogP contribution in [0.2, 0.25) is 0 Å². The number of hydrogen-bond acceptors (Lipinski definition) is 3. The van der Waals surface area contributed by atoms with Gasteiger partial charge < -0.3 is 4.42 Å². The molecule has 0 atom stereocenters. The number of aromatic nitrogens is 3. The molecule has 0 radical (unpaired) electrons. The normalized spacial score (nSPS) is 12.3. The summed E-state index contributed by atoms with van der Waals surface area (Å²) in [5, 5.41) is 11.7. The molecule has 212 valence electrons. The van der Waals surface area contributed by atoms with Gasteiger partial charge in [0, 0.05) is 32.5 Å². The van der Waals surface area contributed by atoms with Gasteiger partial charge >= 0.3 is 0 Å². The monoisotopic (exact) mass is 585 g/mol. The summed E-state index contributed by atoms with van der Waals surface area (Å²) in [4.78, 5) is 10.9. The predicted octanol–water partition coefficient (Wildman–Crippen LogP) is 11.2. The van der Waals surface area contributed by atoms with E-state index in [1.54, 1.807) is 0 Å². The Morgan fingerprint density at radius 3 is 1.96 bits per heavy atom. The minimum absolute atomic E-state index is 0.812. The van der Waals surface area contributed by atoms with Gasteiger partial charge in [-0.1, -0.05) is 109 Å². The Hall–Kier alpha value is -6.26. The fourth-order valence-electron chi connectivity index (χ4n) is 7.81. The standard InChI is InChI=1S/C42H23N3O/c1-2-11-25(12-3-1)40-42(44-41-26-13-5-4-10-24(26)20-21-31(41)43-40)45-32-18-8-16-29-27-14-6-7-15-28(27)30-17-9-19-34-37(30)39-35(46-34)23-22-33(45)38(39)36(29)32/h1-23H. The summed E-state index contributed by atoms with van der Waals surface area (Å²) in [6, 6.07) is 49.2. The fourth-order valence-corrected chi connectivity index (χ4v) is 7.81. The lowest BCUT2D eigenvalue weighted by Gasteiger charge is -2.14. The lowest BCUT2D eigenvalue weighted by Crippen LogP contribution is -2.04. The molecule has 0 fully saturated rings. The molecule has 0 aliphatic rings. The molecule has 4 nitrogen and oxygen atoms in total. The van der Waals surface area contributed by atoms with Gasteiger partial charge in [-0.05, 0) is 57.3 Å². The smallest absolute Gasteiger partial charge is 0.165 e. The average molecular weight is 586 g/mol. The maximum Gasteiger partial charge on any atom is 0.165 e. The van der Waals surface area contributed by atoms with Gasteiger partial charge in [0.2, 0.25) is 0 Å². The van der Waals surface area contributed by atoms with E-state index in [9.17, 15) is 0 Å². The zero-order valence-electron chi connectivity index (χ0n) is 24.5. The third-order valence-corrected chi connectivity index (χ3v) is 9.72. The van der Waals surface area contributed by atoms with Crippen LogP contribution in [0, 0.1) is 0 Å². The minimum atomic E-state index is 0.812. The zero-order chi connectivity index (χ0) is 29.9. The van der Waals surface area contributed by atoms with Crippen LogP contribution in [0.5, 0.6) is 0 Å². The van der Waals surface area contributed by atoms with Crippen LogP contribution in [-0.2, 0) is 0 Å². The molecule has 0 unspecified atom stereocenters. The molecule has 11 rings (SSSR count). The van der Waals surface area contributed by atoms with Crippen LogP contribution >= 0.6 is 0 Å². The van der Waals surface area contributed by atoms with Gasteiger partial charge in [0.25, 0.3) is 0 Å². The highest BCUT2D eigenvalue weighted by Gasteiger charge is 2.25. The van der Waals surface area contributed by atoms with Crippen molar-refractivity contribution in [1.82, 2.24) is 14.5 Å². The molecular weight excluding hydrogens is 562 g/mol. The second-order valence-corrected chi connectivity index (χ2v) is 12.1. The molecule has 46 heavy (non-hydrogen) atoms. The van der Waals surface area contributed by atoms with Crippen LogP contribution in [0.4, 0.5) is 0 Å². The van der Waals surface area contributed by atoms with E-state index < -0.39 is 0 Å².